The van der Waals surface area contributed by atoms with Gasteiger partial charge in [0.15, 0.2) is 0 Å². The van der Waals surface area contributed by atoms with E-state index in [2.05, 4.69) is 33.9 Å². The fourth-order valence-electron chi connectivity index (χ4n) is 1.56. The summed E-state index contributed by atoms with van der Waals surface area (Å²) in [4.78, 5) is 4.08. The van der Waals surface area contributed by atoms with E-state index < -0.39 is 0 Å². The number of rotatable bonds is 1. The molecule has 0 fully saturated rings. The van der Waals surface area contributed by atoms with E-state index in [0.29, 0.717) is 0 Å². The van der Waals surface area contributed by atoms with Crippen molar-refractivity contribution in [3.63, 3.8) is 0 Å². The van der Waals surface area contributed by atoms with E-state index in [0.717, 1.165) is 22.0 Å². The predicted molar refractivity (Wildman–Crippen MR) is 63.2 cm³/mol. The lowest BCUT2D eigenvalue weighted by Crippen LogP contribution is -1.95. The van der Waals surface area contributed by atoms with E-state index in [-0.39, 0.29) is 0 Å². The highest BCUT2D eigenvalue weighted by Crippen LogP contribution is 2.32. The number of nitrogen functional groups attached to an aromatic ring is 1. The molecule has 3 heteroatoms. The maximum atomic E-state index is 5.98. The third-order valence-corrected chi connectivity index (χ3v) is 3.24. The van der Waals surface area contributed by atoms with Crippen LogP contribution in [-0.2, 0) is 6.42 Å². The topological polar surface area (TPSA) is 38.9 Å². The number of hydrogen-bond donors (Lipinski definition) is 1. The fourth-order valence-corrected chi connectivity index (χ4v) is 2.14. The second kappa shape index (κ2) is 3.58. The molecule has 2 N–H and O–H groups in total. The van der Waals surface area contributed by atoms with Crippen LogP contribution in [0.5, 0.6) is 0 Å². The van der Waals surface area contributed by atoms with Crippen LogP contribution in [0.1, 0.15) is 12.5 Å². The summed E-state index contributed by atoms with van der Waals surface area (Å²) < 4.78 is 0.958. The van der Waals surface area contributed by atoms with Gasteiger partial charge >= 0.3 is 0 Å². The average Bonchev–Trinajstić information content (AvgIpc) is 2.23. The van der Waals surface area contributed by atoms with E-state index >= 15 is 0 Å². The Bertz CT molecular complexity index is 480. The highest BCUT2D eigenvalue weighted by molar-refractivity contribution is 9.10. The molecule has 72 valence electrons. The van der Waals surface area contributed by atoms with Crippen molar-refractivity contribution in [1.82, 2.24) is 4.98 Å². The predicted octanol–water partition coefficient (Wildman–Crippen LogP) is 3.14. The number of pyridine rings is 1. The van der Waals surface area contributed by atoms with Gasteiger partial charge in [-0.3, -0.25) is 4.98 Å². The van der Waals surface area contributed by atoms with Gasteiger partial charge in [-0.05, 0) is 45.4 Å². The summed E-state index contributed by atoms with van der Waals surface area (Å²) in [6.45, 7) is 2.10. The second-order valence-electron chi connectivity index (χ2n) is 3.21. The van der Waals surface area contributed by atoms with Gasteiger partial charge in [-0.25, -0.2) is 0 Å². The van der Waals surface area contributed by atoms with Crippen molar-refractivity contribution in [3.8, 4) is 0 Å². The largest absolute Gasteiger partial charge is 0.398 e. The Morgan fingerprint density at radius 3 is 3.00 bits per heavy atom. The molecule has 2 aromatic rings. The summed E-state index contributed by atoms with van der Waals surface area (Å²) in [6, 6.07) is 4.12. The van der Waals surface area contributed by atoms with Crippen molar-refractivity contribution in [3.05, 3.63) is 34.6 Å². The van der Waals surface area contributed by atoms with E-state index in [1.165, 1.54) is 10.9 Å². The summed E-state index contributed by atoms with van der Waals surface area (Å²) >= 11 is 3.51. The molecule has 0 amide bonds. The molecule has 1 aromatic heterocycles. The van der Waals surface area contributed by atoms with Crippen LogP contribution < -0.4 is 5.73 Å². The number of fused-ring (bicyclic) bond motifs is 1. The first-order valence-corrected chi connectivity index (χ1v) is 5.34. The quantitative estimate of drug-likeness (QED) is 0.791. The number of hydrogen-bond acceptors (Lipinski definition) is 2. The third kappa shape index (κ3) is 1.38. The zero-order valence-electron chi connectivity index (χ0n) is 7.92. The number of nitrogens with two attached hydrogens (primary N) is 1. The molecule has 1 heterocycles. The highest BCUT2D eigenvalue weighted by atomic mass is 79.9. The second-order valence-corrected chi connectivity index (χ2v) is 4.01. The Hall–Kier alpha value is -1.09. The lowest BCUT2D eigenvalue weighted by atomic mass is 10.1. The summed E-state index contributed by atoms with van der Waals surface area (Å²) in [5.74, 6) is 0. The zero-order chi connectivity index (χ0) is 10.1. The fraction of sp³-hybridized carbons (Fsp3) is 0.182. The number of aromatic nitrogens is 1. The van der Waals surface area contributed by atoms with E-state index in [4.69, 9.17) is 5.73 Å². The van der Waals surface area contributed by atoms with Crippen molar-refractivity contribution in [2.24, 2.45) is 0 Å². The number of halogens is 1. The summed E-state index contributed by atoms with van der Waals surface area (Å²) in [7, 11) is 0. The Labute approximate surface area is 91.3 Å². The van der Waals surface area contributed by atoms with Crippen LogP contribution in [0.2, 0.25) is 0 Å². The molecule has 2 nitrogen and oxygen atoms in total. The molecule has 2 rings (SSSR count). The van der Waals surface area contributed by atoms with Crippen LogP contribution in [0, 0.1) is 0 Å². The average molecular weight is 251 g/mol. The summed E-state index contributed by atoms with van der Waals surface area (Å²) in [5.41, 5.74) is 7.99. The molecule has 0 saturated carbocycles. The minimum Gasteiger partial charge on any atom is -0.398 e. The van der Waals surface area contributed by atoms with Gasteiger partial charge < -0.3 is 5.73 Å². The minimum atomic E-state index is 0.827. The number of anilines is 1. The standard InChI is InChI=1S/C11H11BrN2/c1-2-7-5-8-3-4-14-6-9(8)10(12)11(7)13/h3-6H,2,13H2,1H3. The molecule has 1 aromatic carbocycles. The first-order valence-electron chi connectivity index (χ1n) is 4.54. The van der Waals surface area contributed by atoms with Crippen LogP contribution in [-0.4, -0.2) is 4.98 Å². The minimum absolute atomic E-state index is 0.827. The monoisotopic (exact) mass is 250 g/mol. The SMILES string of the molecule is CCc1cc2ccncc2c(Br)c1N. The first-order chi connectivity index (χ1) is 6.74. The van der Waals surface area contributed by atoms with E-state index in [9.17, 15) is 0 Å². The Kier molecular flexibility index (Phi) is 2.42. The van der Waals surface area contributed by atoms with Gasteiger partial charge in [0.1, 0.15) is 0 Å². The molecule has 0 aliphatic carbocycles. The lowest BCUT2D eigenvalue weighted by Gasteiger charge is -2.08. The Morgan fingerprint density at radius 2 is 2.29 bits per heavy atom. The van der Waals surface area contributed by atoms with Gasteiger partial charge in [-0.15, -0.1) is 0 Å². The number of aryl methyl sites for hydroxylation is 1. The normalized spacial score (nSPS) is 10.7. The van der Waals surface area contributed by atoms with Crippen molar-refractivity contribution in [1.29, 1.82) is 0 Å². The molecule has 0 aliphatic heterocycles. The van der Waals surface area contributed by atoms with Crippen molar-refractivity contribution in [2.75, 3.05) is 5.73 Å². The third-order valence-electron chi connectivity index (χ3n) is 2.38. The number of benzene rings is 1. The molecule has 0 radical (unpaired) electrons. The van der Waals surface area contributed by atoms with Crippen LogP contribution in [0.4, 0.5) is 5.69 Å². The molecular formula is C11H11BrN2. The molecule has 0 spiro atoms. The van der Waals surface area contributed by atoms with E-state index in [1.54, 1.807) is 6.20 Å². The summed E-state index contributed by atoms with van der Waals surface area (Å²) in [5, 5.41) is 2.25. The molecular weight excluding hydrogens is 240 g/mol. The lowest BCUT2D eigenvalue weighted by molar-refractivity contribution is 1.15. The van der Waals surface area contributed by atoms with Crippen molar-refractivity contribution in [2.45, 2.75) is 13.3 Å². The number of nitrogens with zero attached hydrogens (tertiary/aromatic N) is 1. The molecule has 0 saturated heterocycles. The molecule has 14 heavy (non-hydrogen) atoms. The first kappa shape index (κ1) is 9.46. The van der Waals surface area contributed by atoms with Crippen molar-refractivity contribution >= 4 is 32.4 Å². The maximum Gasteiger partial charge on any atom is 0.0501 e. The maximum absolute atomic E-state index is 5.98. The Balaban J connectivity index is 2.85. The smallest absolute Gasteiger partial charge is 0.0501 e. The van der Waals surface area contributed by atoms with Gasteiger partial charge in [-0.1, -0.05) is 6.92 Å². The van der Waals surface area contributed by atoms with Gasteiger partial charge in [0.2, 0.25) is 0 Å². The molecule has 0 aliphatic rings. The van der Waals surface area contributed by atoms with Gasteiger partial charge in [0.05, 0.1) is 4.47 Å². The van der Waals surface area contributed by atoms with Crippen LogP contribution >= 0.6 is 15.9 Å². The van der Waals surface area contributed by atoms with Crippen molar-refractivity contribution < 1.29 is 0 Å². The Morgan fingerprint density at radius 1 is 1.50 bits per heavy atom. The molecule has 0 bridgehead atoms. The highest BCUT2D eigenvalue weighted by Gasteiger charge is 2.06. The van der Waals surface area contributed by atoms with Crippen LogP contribution in [0.3, 0.4) is 0 Å². The molecule has 0 unspecified atom stereocenters. The van der Waals surface area contributed by atoms with Gasteiger partial charge in [0.25, 0.3) is 0 Å². The summed E-state index contributed by atoms with van der Waals surface area (Å²) in [6.07, 6.45) is 4.57. The van der Waals surface area contributed by atoms with E-state index in [1.807, 2.05) is 12.3 Å². The van der Waals surface area contributed by atoms with Gasteiger partial charge in [0, 0.05) is 23.5 Å². The zero-order valence-corrected chi connectivity index (χ0v) is 9.51. The molecule has 0 atom stereocenters. The van der Waals surface area contributed by atoms with Crippen LogP contribution in [0.15, 0.2) is 29.0 Å². The van der Waals surface area contributed by atoms with Crippen LogP contribution in [0.25, 0.3) is 10.8 Å². The van der Waals surface area contributed by atoms with Gasteiger partial charge in [-0.2, -0.15) is 0 Å².